The van der Waals surface area contributed by atoms with Gasteiger partial charge in [-0.15, -0.1) is 0 Å². The minimum absolute atomic E-state index is 0.0493. The van der Waals surface area contributed by atoms with Gasteiger partial charge in [-0.05, 0) is 37.4 Å². The van der Waals surface area contributed by atoms with Crippen LogP contribution in [0.15, 0.2) is 18.2 Å². The van der Waals surface area contributed by atoms with Crippen LogP contribution in [0.1, 0.15) is 31.2 Å². The summed E-state index contributed by atoms with van der Waals surface area (Å²) in [6.07, 6.45) is 5.26. The molecule has 1 aromatic rings. The van der Waals surface area contributed by atoms with Gasteiger partial charge in [-0.3, -0.25) is 0 Å². The zero-order chi connectivity index (χ0) is 13.8. The van der Waals surface area contributed by atoms with Crippen LogP contribution in [0.5, 0.6) is 0 Å². The molecule has 1 aliphatic rings. The predicted octanol–water partition coefficient (Wildman–Crippen LogP) is 1.13. The average Bonchev–Trinajstić information content (AvgIpc) is 2.84. The minimum atomic E-state index is -1.75. The van der Waals surface area contributed by atoms with E-state index in [9.17, 15) is 4.39 Å². The second-order valence-electron chi connectivity index (χ2n) is 5.58. The molecule has 1 aliphatic carbocycles. The molecule has 0 spiro atoms. The van der Waals surface area contributed by atoms with Crippen molar-refractivity contribution >= 4 is 12.6 Å². The van der Waals surface area contributed by atoms with Gasteiger partial charge < -0.3 is 14.9 Å². The van der Waals surface area contributed by atoms with E-state index in [-0.39, 0.29) is 5.46 Å². The van der Waals surface area contributed by atoms with Crippen molar-refractivity contribution in [3.63, 3.8) is 0 Å². The second-order valence-corrected chi connectivity index (χ2v) is 5.58. The fourth-order valence-electron chi connectivity index (χ4n) is 2.90. The molecular weight excluding hydrogens is 244 g/mol. The minimum Gasteiger partial charge on any atom is -0.423 e. The van der Waals surface area contributed by atoms with E-state index in [0.29, 0.717) is 6.54 Å². The summed E-state index contributed by atoms with van der Waals surface area (Å²) in [4.78, 5) is 2.22. The Kier molecular flexibility index (Phi) is 4.96. The fourth-order valence-corrected chi connectivity index (χ4v) is 2.90. The van der Waals surface area contributed by atoms with Crippen LogP contribution in [0.4, 0.5) is 4.39 Å². The molecule has 1 aromatic carbocycles. The van der Waals surface area contributed by atoms with Crippen LogP contribution < -0.4 is 5.46 Å². The van der Waals surface area contributed by atoms with E-state index in [2.05, 4.69) is 11.9 Å². The Bertz CT molecular complexity index is 422. The van der Waals surface area contributed by atoms with Gasteiger partial charge in [0.15, 0.2) is 0 Å². The summed E-state index contributed by atoms with van der Waals surface area (Å²) >= 11 is 0. The van der Waals surface area contributed by atoms with Gasteiger partial charge in [-0.2, -0.15) is 0 Å². The number of nitrogens with zero attached hydrogens (tertiary/aromatic N) is 1. The summed E-state index contributed by atoms with van der Waals surface area (Å²) in [5, 5.41) is 18.2. The summed E-state index contributed by atoms with van der Waals surface area (Å²) in [6, 6.07) is 4.53. The Hall–Kier alpha value is -0.905. The highest BCUT2D eigenvalue weighted by atomic mass is 19.1. The van der Waals surface area contributed by atoms with Crippen molar-refractivity contribution in [1.29, 1.82) is 0 Å². The lowest BCUT2D eigenvalue weighted by Crippen LogP contribution is -2.33. The third kappa shape index (κ3) is 4.03. The molecule has 19 heavy (non-hydrogen) atoms. The Morgan fingerprint density at radius 2 is 2.00 bits per heavy atom. The van der Waals surface area contributed by atoms with E-state index in [1.807, 2.05) is 0 Å². The van der Waals surface area contributed by atoms with Crippen LogP contribution in [-0.4, -0.2) is 35.7 Å². The smallest absolute Gasteiger partial charge is 0.423 e. The highest BCUT2D eigenvalue weighted by Crippen LogP contribution is 2.25. The maximum Gasteiger partial charge on any atom is 0.491 e. The van der Waals surface area contributed by atoms with Crippen molar-refractivity contribution in [2.75, 3.05) is 13.6 Å². The number of hydrogen-bond acceptors (Lipinski definition) is 3. The van der Waals surface area contributed by atoms with Crippen LogP contribution in [-0.2, 0) is 6.54 Å². The molecule has 0 aromatic heterocycles. The molecule has 1 fully saturated rings. The van der Waals surface area contributed by atoms with Gasteiger partial charge in [0.05, 0.1) is 0 Å². The van der Waals surface area contributed by atoms with Gasteiger partial charge in [0, 0.05) is 18.6 Å². The van der Waals surface area contributed by atoms with E-state index < -0.39 is 12.9 Å². The molecule has 3 nitrogen and oxygen atoms in total. The van der Waals surface area contributed by atoms with Gasteiger partial charge in [-0.1, -0.05) is 25.0 Å². The first-order valence-corrected chi connectivity index (χ1v) is 6.89. The summed E-state index contributed by atoms with van der Waals surface area (Å²) < 4.78 is 13.4. The molecule has 0 heterocycles. The zero-order valence-corrected chi connectivity index (χ0v) is 11.3. The summed E-state index contributed by atoms with van der Waals surface area (Å²) in [5.74, 6) is 0.200. The van der Waals surface area contributed by atoms with Crippen LogP contribution in [0.2, 0.25) is 0 Å². The molecule has 5 heteroatoms. The highest BCUT2D eigenvalue weighted by molar-refractivity contribution is 6.58. The van der Waals surface area contributed by atoms with E-state index in [1.54, 1.807) is 6.07 Å². The molecule has 0 aliphatic heterocycles. The number of benzene rings is 1. The summed E-state index contributed by atoms with van der Waals surface area (Å²) in [6.45, 7) is 1.75. The van der Waals surface area contributed by atoms with Crippen molar-refractivity contribution in [1.82, 2.24) is 4.90 Å². The summed E-state index contributed by atoms with van der Waals surface area (Å²) in [5.41, 5.74) is 0.858. The van der Waals surface area contributed by atoms with Crippen molar-refractivity contribution in [2.24, 2.45) is 5.92 Å². The summed E-state index contributed by atoms with van der Waals surface area (Å²) in [7, 11) is 0.302. The number of hydrogen-bond donors (Lipinski definition) is 2. The normalized spacial score (nSPS) is 16.3. The number of rotatable bonds is 5. The topological polar surface area (TPSA) is 43.7 Å². The van der Waals surface area contributed by atoms with Gasteiger partial charge in [0.2, 0.25) is 0 Å². The molecule has 0 saturated heterocycles. The molecule has 104 valence electrons. The molecule has 0 atom stereocenters. The molecule has 0 unspecified atom stereocenters. The maximum absolute atomic E-state index is 13.4. The van der Waals surface area contributed by atoms with Gasteiger partial charge in [0.25, 0.3) is 0 Å². The van der Waals surface area contributed by atoms with Gasteiger partial charge in [-0.25, -0.2) is 4.39 Å². The maximum atomic E-state index is 13.4. The molecule has 2 N–H and O–H groups in total. The first kappa shape index (κ1) is 14.5. The van der Waals surface area contributed by atoms with Crippen molar-refractivity contribution in [3.05, 3.63) is 29.6 Å². The average molecular weight is 265 g/mol. The quantitative estimate of drug-likeness (QED) is 0.784. The van der Waals surface area contributed by atoms with Crippen LogP contribution in [0.25, 0.3) is 0 Å². The molecular formula is C14H21BFNO2. The lowest BCUT2D eigenvalue weighted by atomic mass is 9.79. The van der Waals surface area contributed by atoms with Crippen LogP contribution in [0.3, 0.4) is 0 Å². The van der Waals surface area contributed by atoms with Crippen molar-refractivity contribution in [2.45, 2.75) is 32.2 Å². The van der Waals surface area contributed by atoms with Crippen molar-refractivity contribution < 1.29 is 14.4 Å². The monoisotopic (exact) mass is 265 g/mol. The van der Waals surface area contributed by atoms with Gasteiger partial charge >= 0.3 is 7.12 Å². The van der Waals surface area contributed by atoms with Crippen molar-refractivity contribution in [3.8, 4) is 0 Å². The second kappa shape index (κ2) is 6.50. The third-order valence-electron chi connectivity index (χ3n) is 3.84. The largest absolute Gasteiger partial charge is 0.491 e. The van der Waals surface area contributed by atoms with E-state index >= 15 is 0 Å². The first-order valence-electron chi connectivity index (χ1n) is 6.89. The standard InChI is InChI=1S/C14H21BFNO2/c1-17(9-11-4-2-3-5-11)10-12-6-7-14(16)13(8-12)15(18)19/h6-8,11,18-19H,2-5,9-10H2,1H3. The third-order valence-corrected chi connectivity index (χ3v) is 3.84. The van der Waals surface area contributed by atoms with Crippen LogP contribution in [0, 0.1) is 11.7 Å². The Labute approximate surface area is 114 Å². The first-order chi connectivity index (χ1) is 9.06. The van der Waals surface area contributed by atoms with E-state index in [0.717, 1.165) is 18.0 Å². The van der Waals surface area contributed by atoms with Gasteiger partial charge in [0.1, 0.15) is 5.82 Å². The van der Waals surface area contributed by atoms with Crippen LogP contribution >= 0.6 is 0 Å². The van der Waals surface area contributed by atoms with E-state index in [4.69, 9.17) is 10.0 Å². The molecule has 0 amide bonds. The Morgan fingerprint density at radius 3 is 2.63 bits per heavy atom. The number of halogens is 1. The Balaban J connectivity index is 1.96. The lowest BCUT2D eigenvalue weighted by Gasteiger charge is -2.21. The van der Waals surface area contributed by atoms with E-state index in [1.165, 1.54) is 37.8 Å². The SMILES string of the molecule is CN(Cc1ccc(F)c(B(O)O)c1)CC1CCCC1. The lowest BCUT2D eigenvalue weighted by molar-refractivity contribution is 0.271. The molecule has 0 radical (unpaired) electrons. The Morgan fingerprint density at radius 1 is 1.32 bits per heavy atom. The zero-order valence-electron chi connectivity index (χ0n) is 11.3. The molecule has 0 bridgehead atoms. The molecule has 1 saturated carbocycles. The molecule has 2 rings (SSSR count). The predicted molar refractivity (Wildman–Crippen MR) is 74.5 cm³/mol. The highest BCUT2D eigenvalue weighted by Gasteiger charge is 2.19. The fraction of sp³-hybridized carbons (Fsp3) is 0.571.